The zero-order valence-electron chi connectivity index (χ0n) is 12.0. The molecule has 2 fully saturated rings. The van der Waals surface area contributed by atoms with Gasteiger partial charge in [0.25, 0.3) is 5.60 Å². The SMILES string of the molecule is C=CC(=O)OC1CC2CC1CC2CC(O)(C(F)(F)F)C(F)(F)F. The number of hydrogen-bond donors (Lipinski definition) is 1. The van der Waals surface area contributed by atoms with Crippen molar-refractivity contribution in [2.45, 2.75) is 49.7 Å². The smallest absolute Gasteiger partial charge is 0.426 e. The molecule has 0 aliphatic heterocycles. The predicted molar refractivity (Wildman–Crippen MR) is 66.1 cm³/mol. The Morgan fingerprint density at radius 2 is 1.65 bits per heavy atom. The van der Waals surface area contributed by atoms with Crippen molar-refractivity contribution in [3.05, 3.63) is 12.7 Å². The Kier molecular flexibility index (Phi) is 4.47. The van der Waals surface area contributed by atoms with Gasteiger partial charge in [0.15, 0.2) is 0 Å². The van der Waals surface area contributed by atoms with Gasteiger partial charge in [0.1, 0.15) is 6.10 Å². The highest BCUT2D eigenvalue weighted by Gasteiger charge is 2.71. The van der Waals surface area contributed by atoms with E-state index in [9.17, 15) is 36.2 Å². The van der Waals surface area contributed by atoms with Crippen molar-refractivity contribution in [3.63, 3.8) is 0 Å². The van der Waals surface area contributed by atoms with E-state index in [1.807, 2.05) is 0 Å². The van der Waals surface area contributed by atoms with E-state index >= 15 is 0 Å². The largest absolute Gasteiger partial charge is 0.459 e. The summed E-state index contributed by atoms with van der Waals surface area (Å²) in [7, 11) is 0. The van der Waals surface area contributed by atoms with Crippen molar-refractivity contribution in [2.75, 3.05) is 0 Å². The minimum atomic E-state index is -5.79. The van der Waals surface area contributed by atoms with Crippen molar-refractivity contribution in [3.8, 4) is 0 Å². The molecule has 0 spiro atoms. The van der Waals surface area contributed by atoms with Crippen molar-refractivity contribution in [1.82, 2.24) is 0 Å². The van der Waals surface area contributed by atoms with Crippen LogP contribution in [0.5, 0.6) is 0 Å². The van der Waals surface area contributed by atoms with Crippen LogP contribution in [0.2, 0.25) is 0 Å². The summed E-state index contributed by atoms with van der Waals surface area (Å²) in [4.78, 5) is 11.1. The number of fused-ring (bicyclic) bond motifs is 2. The molecule has 9 heteroatoms. The lowest BCUT2D eigenvalue weighted by Gasteiger charge is -2.37. The fraction of sp³-hybridized carbons (Fsp3) is 0.786. The first-order valence-corrected chi connectivity index (χ1v) is 7.08. The highest BCUT2D eigenvalue weighted by molar-refractivity contribution is 5.81. The van der Waals surface area contributed by atoms with E-state index in [-0.39, 0.29) is 18.8 Å². The van der Waals surface area contributed by atoms with Crippen LogP contribution in [-0.4, -0.2) is 35.1 Å². The maximum absolute atomic E-state index is 12.7. The van der Waals surface area contributed by atoms with Gasteiger partial charge in [0.2, 0.25) is 0 Å². The average Bonchev–Trinajstić information content (AvgIpc) is 2.95. The molecule has 2 aliphatic rings. The van der Waals surface area contributed by atoms with Gasteiger partial charge >= 0.3 is 18.3 Å². The van der Waals surface area contributed by atoms with Crippen LogP contribution in [-0.2, 0) is 9.53 Å². The molecule has 2 bridgehead atoms. The first kappa shape index (κ1) is 18.1. The molecule has 4 atom stereocenters. The Balaban J connectivity index is 2.06. The van der Waals surface area contributed by atoms with Gasteiger partial charge in [-0.05, 0) is 43.4 Å². The zero-order valence-corrected chi connectivity index (χ0v) is 12.0. The number of alkyl halides is 6. The molecule has 4 unspecified atom stereocenters. The third-order valence-electron chi connectivity index (χ3n) is 4.87. The Hall–Kier alpha value is -1.25. The summed E-state index contributed by atoms with van der Waals surface area (Å²) < 4.78 is 81.5. The Labute approximate surface area is 128 Å². The topological polar surface area (TPSA) is 46.5 Å². The maximum atomic E-state index is 12.7. The van der Waals surface area contributed by atoms with Crippen LogP contribution in [0.1, 0.15) is 25.7 Å². The van der Waals surface area contributed by atoms with E-state index in [4.69, 9.17) is 4.74 Å². The number of carbonyl (C=O) groups is 1. The summed E-state index contributed by atoms with van der Waals surface area (Å²) in [6.07, 6.45) is -11.9. The van der Waals surface area contributed by atoms with Crippen molar-refractivity contribution >= 4 is 5.97 Å². The minimum Gasteiger partial charge on any atom is -0.459 e. The molecule has 0 aromatic rings. The van der Waals surface area contributed by atoms with E-state index in [2.05, 4.69) is 6.58 Å². The third kappa shape index (κ3) is 3.20. The van der Waals surface area contributed by atoms with Crippen LogP contribution in [0.4, 0.5) is 26.3 Å². The highest BCUT2D eigenvalue weighted by atomic mass is 19.4. The second-order valence-corrected chi connectivity index (χ2v) is 6.23. The first-order valence-electron chi connectivity index (χ1n) is 7.08. The lowest BCUT2D eigenvalue weighted by Crippen LogP contribution is -2.58. The lowest BCUT2D eigenvalue weighted by molar-refractivity contribution is -0.373. The molecule has 2 rings (SSSR count). The molecule has 1 N–H and O–H groups in total. The summed E-state index contributed by atoms with van der Waals surface area (Å²) in [5, 5.41) is 9.27. The van der Waals surface area contributed by atoms with Gasteiger partial charge in [-0.15, -0.1) is 0 Å². The molecule has 2 aliphatic carbocycles. The number of ether oxygens (including phenoxy) is 1. The van der Waals surface area contributed by atoms with Crippen LogP contribution in [0.15, 0.2) is 12.7 Å². The molecular weight excluding hydrogens is 330 g/mol. The normalized spacial score (nSPS) is 31.3. The van der Waals surface area contributed by atoms with Gasteiger partial charge in [-0.1, -0.05) is 6.58 Å². The zero-order chi connectivity index (χ0) is 17.6. The first-order chi connectivity index (χ1) is 10.4. The number of hydrogen-bond acceptors (Lipinski definition) is 3. The second-order valence-electron chi connectivity index (χ2n) is 6.23. The van der Waals surface area contributed by atoms with Crippen LogP contribution in [0, 0.1) is 17.8 Å². The molecule has 3 nitrogen and oxygen atoms in total. The summed E-state index contributed by atoms with van der Waals surface area (Å²) in [5.41, 5.74) is -4.71. The van der Waals surface area contributed by atoms with Crippen LogP contribution >= 0.6 is 0 Å². The second kappa shape index (κ2) is 5.68. The van der Waals surface area contributed by atoms with Crippen molar-refractivity contribution < 1.29 is 41.0 Å². The van der Waals surface area contributed by atoms with Gasteiger partial charge in [-0.2, -0.15) is 26.3 Å². The number of rotatable bonds is 4. The fourth-order valence-corrected chi connectivity index (χ4v) is 3.71. The number of carbonyl (C=O) groups excluding carboxylic acids is 1. The molecule has 0 aromatic carbocycles. The monoisotopic (exact) mass is 346 g/mol. The van der Waals surface area contributed by atoms with Crippen molar-refractivity contribution in [1.29, 1.82) is 0 Å². The average molecular weight is 346 g/mol. The van der Waals surface area contributed by atoms with E-state index in [1.165, 1.54) is 0 Å². The van der Waals surface area contributed by atoms with E-state index in [1.54, 1.807) is 0 Å². The van der Waals surface area contributed by atoms with Gasteiger partial charge in [-0.25, -0.2) is 4.79 Å². The highest BCUT2D eigenvalue weighted by Crippen LogP contribution is 2.56. The summed E-state index contributed by atoms with van der Waals surface area (Å²) in [5.74, 6) is -2.29. The van der Waals surface area contributed by atoms with E-state index < -0.39 is 48.3 Å². The van der Waals surface area contributed by atoms with E-state index in [0.717, 1.165) is 6.08 Å². The molecule has 132 valence electrons. The van der Waals surface area contributed by atoms with Gasteiger partial charge < -0.3 is 9.84 Å². The van der Waals surface area contributed by atoms with Gasteiger partial charge in [0.05, 0.1) is 0 Å². The van der Waals surface area contributed by atoms with E-state index in [0.29, 0.717) is 6.42 Å². The minimum absolute atomic E-state index is 0.0637. The molecule has 2 saturated carbocycles. The van der Waals surface area contributed by atoms with Crippen LogP contribution in [0.3, 0.4) is 0 Å². The Morgan fingerprint density at radius 3 is 2.04 bits per heavy atom. The number of esters is 1. The molecule has 0 saturated heterocycles. The molecular formula is C14H16F6O3. The van der Waals surface area contributed by atoms with Gasteiger partial charge in [0, 0.05) is 6.08 Å². The quantitative estimate of drug-likeness (QED) is 0.482. The standard InChI is InChI=1S/C14H16F6O3/c1-2-11(21)23-10-5-7-3-8(10)4-9(7)6-12(22,13(15,16)17)14(18,19)20/h2,7-10,22H,1,3-6H2. The summed E-state index contributed by atoms with van der Waals surface area (Å²) in [6.45, 7) is 3.22. The maximum Gasteiger partial charge on any atom is 0.426 e. The summed E-state index contributed by atoms with van der Waals surface area (Å²) in [6, 6.07) is 0. The van der Waals surface area contributed by atoms with Crippen LogP contribution < -0.4 is 0 Å². The number of halogens is 6. The van der Waals surface area contributed by atoms with Crippen LogP contribution in [0.25, 0.3) is 0 Å². The Morgan fingerprint density at radius 1 is 1.09 bits per heavy atom. The number of aliphatic hydroxyl groups is 1. The fourth-order valence-electron chi connectivity index (χ4n) is 3.71. The molecule has 23 heavy (non-hydrogen) atoms. The molecule has 0 radical (unpaired) electrons. The Bertz CT molecular complexity index is 470. The third-order valence-corrected chi connectivity index (χ3v) is 4.87. The molecule has 0 amide bonds. The molecule has 0 aromatic heterocycles. The summed E-state index contributed by atoms with van der Waals surface area (Å²) >= 11 is 0. The predicted octanol–water partition coefficient (Wildman–Crippen LogP) is 3.38. The molecule has 0 heterocycles. The van der Waals surface area contributed by atoms with Crippen molar-refractivity contribution in [2.24, 2.45) is 17.8 Å². The lowest BCUT2D eigenvalue weighted by atomic mass is 9.79. The van der Waals surface area contributed by atoms with Gasteiger partial charge in [-0.3, -0.25) is 0 Å².